The number of carbonyl (C=O) groups is 1. The summed E-state index contributed by atoms with van der Waals surface area (Å²) in [5, 5.41) is 14.4. The summed E-state index contributed by atoms with van der Waals surface area (Å²) in [6.45, 7) is 0.967. The molecule has 0 amide bonds. The first kappa shape index (κ1) is 17.5. The number of carbonyl (C=O) groups excluding carboxylic acids is 1. The van der Waals surface area contributed by atoms with Crippen molar-refractivity contribution < 1.29 is 24.1 Å². The molecule has 6 rings (SSSR count). The predicted molar refractivity (Wildman–Crippen MR) is 107 cm³/mol. The molecule has 0 radical (unpaired) electrons. The highest BCUT2D eigenvalue weighted by Crippen LogP contribution is 2.42. The maximum Gasteiger partial charge on any atom is 0.340 e. The number of nitrogens with zero attached hydrogens (tertiary/aromatic N) is 2. The van der Waals surface area contributed by atoms with Gasteiger partial charge in [-0.3, -0.25) is 4.79 Å². The van der Waals surface area contributed by atoms with E-state index in [9.17, 15) is 14.7 Å². The zero-order chi connectivity index (χ0) is 20.6. The van der Waals surface area contributed by atoms with Gasteiger partial charge in [0.25, 0.3) is 5.56 Å². The van der Waals surface area contributed by atoms with Crippen LogP contribution in [-0.4, -0.2) is 35.4 Å². The summed E-state index contributed by atoms with van der Waals surface area (Å²) >= 11 is 0. The molecule has 3 aliphatic heterocycles. The first-order chi connectivity index (χ1) is 14.6. The van der Waals surface area contributed by atoms with Crippen LogP contribution in [-0.2, 0) is 29.2 Å². The van der Waals surface area contributed by atoms with Crippen LogP contribution in [0.15, 0.2) is 23.0 Å². The summed E-state index contributed by atoms with van der Waals surface area (Å²) in [7, 11) is 1.86. The molecule has 3 aromatic rings. The molecule has 1 atom stereocenters. The first-order valence-corrected chi connectivity index (χ1v) is 9.58. The van der Waals surface area contributed by atoms with Gasteiger partial charge in [-0.1, -0.05) is 0 Å². The second kappa shape index (κ2) is 6.07. The van der Waals surface area contributed by atoms with Crippen LogP contribution in [0.2, 0.25) is 0 Å². The lowest BCUT2D eigenvalue weighted by molar-refractivity contribution is -0.157. The maximum atomic E-state index is 13.1. The summed E-state index contributed by atoms with van der Waals surface area (Å²) < 4.78 is 17.6. The van der Waals surface area contributed by atoms with Crippen molar-refractivity contribution >= 4 is 24.9 Å². The van der Waals surface area contributed by atoms with Gasteiger partial charge in [0.2, 0.25) is 6.79 Å². The van der Waals surface area contributed by atoms with E-state index in [1.54, 1.807) is 10.6 Å². The molecule has 0 saturated carbocycles. The van der Waals surface area contributed by atoms with Crippen LogP contribution in [0.25, 0.3) is 22.3 Å². The van der Waals surface area contributed by atoms with Gasteiger partial charge < -0.3 is 29.1 Å². The van der Waals surface area contributed by atoms with Gasteiger partial charge in [-0.25, -0.2) is 9.78 Å². The fourth-order valence-electron chi connectivity index (χ4n) is 4.48. The number of pyridine rings is 2. The maximum absolute atomic E-state index is 13.1. The Bertz CT molecular complexity index is 1330. The molecule has 2 aromatic heterocycles. The third kappa shape index (κ3) is 2.23. The lowest BCUT2D eigenvalue weighted by atomic mass is 9.98. The van der Waals surface area contributed by atoms with Crippen molar-refractivity contribution in [2.45, 2.75) is 25.8 Å². The lowest BCUT2D eigenvalue weighted by Crippen LogP contribution is -2.32. The third-order valence-corrected chi connectivity index (χ3v) is 5.92. The number of aliphatic hydroxyl groups is 1. The van der Waals surface area contributed by atoms with Crippen LogP contribution < -0.4 is 20.3 Å². The van der Waals surface area contributed by atoms with Gasteiger partial charge in [-0.05, 0) is 17.7 Å². The molecule has 0 spiro atoms. The summed E-state index contributed by atoms with van der Waals surface area (Å²) in [4.78, 5) is 29.8. The molecular formula is C20H16BN3O6. The van der Waals surface area contributed by atoms with Crippen LogP contribution in [0.4, 0.5) is 0 Å². The van der Waals surface area contributed by atoms with Gasteiger partial charge in [0.1, 0.15) is 6.61 Å². The zero-order valence-corrected chi connectivity index (χ0v) is 16.0. The fraction of sp³-hybridized carbons (Fsp3) is 0.250. The van der Waals surface area contributed by atoms with Crippen molar-refractivity contribution in [3.8, 4) is 22.9 Å². The molecule has 10 heteroatoms. The molecule has 0 bridgehead atoms. The molecule has 0 saturated heterocycles. The number of ether oxygens (including phenoxy) is 3. The van der Waals surface area contributed by atoms with Crippen LogP contribution in [0, 0.1) is 0 Å². The van der Waals surface area contributed by atoms with E-state index in [0.717, 1.165) is 22.0 Å². The van der Waals surface area contributed by atoms with Crippen molar-refractivity contribution in [3.05, 3.63) is 50.8 Å². The Labute approximate surface area is 170 Å². The largest absolute Gasteiger partial charge is 0.458 e. The highest BCUT2D eigenvalue weighted by molar-refractivity contribution is 6.04. The van der Waals surface area contributed by atoms with Crippen molar-refractivity contribution in [1.29, 1.82) is 0 Å². The quantitative estimate of drug-likeness (QED) is 0.351. The van der Waals surface area contributed by atoms with Gasteiger partial charge in [-0.15, -0.1) is 0 Å². The minimum atomic E-state index is -1.47. The number of benzene rings is 1. The molecule has 1 aromatic carbocycles. The number of aliphatic hydroxyl groups excluding tert-OH is 1. The SMILES string of the molecule is BNCc1c2c(nc3cc4c(cc13)OCO4)-c1cc3c(c(=O)n1C2)COC(=O)[C@H]3O. The van der Waals surface area contributed by atoms with Crippen LogP contribution in [0.5, 0.6) is 11.5 Å². The number of hydrogen-bond acceptors (Lipinski definition) is 8. The lowest BCUT2D eigenvalue weighted by Gasteiger charge is -2.21. The van der Waals surface area contributed by atoms with E-state index in [4.69, 9.17) is 19.2 Å². The topological polar surface area (TPSA) is 112 Å². The van der Waals surface area contributed by atoms with Gasteiger partial charge >= 0.3 is 5.97 Å². The number of rotatable bonds is 2. The third-order valence-electron chi connectivity index (χ3n) is 5.92. The standard InChI is InChI=1S/C20H16BN3O6/c21-22-4-10-8-2-15-16(30-7-29-15)3-13(8)23-17-11(10)5-24-14(17)1-9-12(19(24)26)6-28-20(27)18(9)25/h1-3,18,22,25H,4-7,21H2/t18-/m0/s1. The number of hydrogen-bond donors (Lipinski definition) is 2. The van der Waals surface area contributed by atoms with E-state index in [2.05, 4.69) is 5.23 Å². The molecule has 9 nitrogen and oxygen atoms in total. The smallest absolute Gasteiger partial charge is 0.340 e. The van der Waals surface area contributed by atoms with Gasteiger partial charge in [0.15, 0.2) is 25.6 Å². The number of aromatic nitrogens is 2. The van der Waals surface area contributed by atoms with Crippen molar-refractivity contribution in [2.24, 2.45) is 0 Å². The number of fused-ring (bicyclic) bond motifs is 6. The molecule has 30 heavy (non-hydrogen) atoms. The van der Waals surface area contributed by atoms with E-state index in [0.29, 0.717) is 41.5 Å². The zero-order valence-electron chi connectivity index (χ0n) is 16.0. The summed E-state index contributed by atoms with van der Waals surface area (Å²) in [5.41, 5.74) is 4.23. The highest BCUT2D eigenvalue weighted by atomic mass is 16.7. The molecule has 0 fully saturated rings. The van der Waals surface area contributed by atoms with Crippen LogP contribution in [0.1, 0.15) is 28.4 Å². The van der Waals surface area contributed by atoms with E-state index in [1.165, 1.54) is 0 Å². The fourth-order valence-corrected chi connectivity index (χ4v) is 4.48. The molecular weight excluding hydrogens is 389 g/mol. The van der Waals surface area contributed by atoms with E-state index >= 15 is 0 Å². The van der Waals surface area contributed by atoms with Crippen LogP contribution >= 0.6 is 0 Å². The average Bonchev–Trinajstić information content (AvgIpc) is 3.34. The van der Waals surface area contributed by atoms with Gasteiger partial charge in [-0.2, -0.15) is 0 Å². The molecule has 0 unspecified atom stereocenters. The Morgan fingerprint density at radius 1 is 1.17 bits per heavy atom. The molecule has 5 heterocycles. The number of cyclic esters (lactones) is 1. The molecule has 3 aliphatic rings. The predicted octanol–water partition coefficient (Wildman–Crippen LogP) is -0.118. The molecule has 2 N–H and O–H groups in total. The monoisotopic (exact) mass is 405 g/mol. The van der Waals surface area contributed by atoms with E-state index in [-0.39, 0.29) is 24.5 Å². The number of nitrogens with one attached hydrogen (secondary N) is 1. The second-order valence-corrected chi connectivity index (χ2v) is 7.54. The second-order valence-electron chi connectivity index (χ2n) is 7.54. The summed E-state index contributed by atoms with van der Waals surface area (Å²) in [6, 6.07) is 5.44. The van der Waals surface area contributed by atoms with E-state index in [1.807, 2.05) is 20.1 Å². The van der Waals surface area contributed by atoms with E-state index < -0.39 is 12.1 Å². The Balaban J connectivity index is 1.64. The molecule has 150 valence electrons. The van der Waals surface area contributed by atoms with Gasteiger partial charge in [0.05, 0.1) is 29.0 Å². The normalized spacial score (nSPS) is 18.2. The summed E-state index contributed by atoms with van der Waals surface area (Å²) in [5.74, 6) is 0.549. The summed E-state index contributed by atoms with van der Waals surface area (Å²) in [6.07, 6.45) is -1.47. The minimum absolute atomic E-state index is 0.138. The average molecular weight is 405 g/mol. The Morgan fingerprint density at radius 3 is 2.77 bits per heavy atom. The van der Waals surface area contributed by atoms with Gasteiger partial charge in [0, 0.05) is 29.1 Å². The Morgan fingerprint density at radius 2 is 1.97 bits per heavy atom. The van der Waals surface area contributed by atoms with Crippen molar-refractivity contribution in [3.63, 3.8) is 0 Å². The van der Waals surface area contributed by atoms with Crippen molar-refractivity contribution in [2.75, 3.05) is 6.79 Å². The number of esters is 1. The Kier molecular flexibility index (Phi) is 3.54. The Hall–Kier alpha value is -3.37. The van der Waals surface area contributed by atoms with Crippen molar-refractivity contribution in [1.82, 2.24) is 14.8 Å². The first-order valence-electron chi connectivity index (χ1n) is 9.58. The highest BCUT2D eigenvalue weighted by Gasteiger charge is 2.34. The minimum Gasteiger partial charge on any atom is -0.458 e. The van der Waals surface area contributed by atoms with Crippen LogP contribution in [0.3, 0.4) is 0 Å². The molecule has 0 aliphatic carbocycles.